The van der Waals surface area contributed by atoms with Gasteiger partial charge in [-0.1, -0.05) is 79.2 Å². The lowest BCUT2D eigenvalue weighted by atomic mass is 10.0. The quantitative estimate of drug-likeness (QED) is 0.321. The second kappa shape index (κ2) is 11.6. The van der Waals surface area contributed by atoms with Crippen LogP contribution >= 0.6 is 11.6 Å². The molecule has 0 unspecified atom stereocenters. The molecular formula is C27H27ClN2O4. The van der Waals surface area contributed by atoms with E-state index in [1.807, 2.05) is 26.0 Å². The number of pyridine rings is 1. The van der Waals surface area contributed by atoms with Crippen molar-refractivity contribution in [2.24, 2.45) is 0 Å². The fourth-order valence-electron chi connectivity index (χ4n) is 3.66. The van der Waals surface area contributed by atoms with Crippen LogP contribution in [-0.2, 0) is 4.79 Å². The monoisotopic (exact) mass is 478 g/mol. The van der Waals surface area contributed by atoms with Gasteiger partial charge in [-0.2, -0.15) is 0 Å². The molecule has 176 valence electrons. The van der Waals surface area contributed by atoms with Crippen molar-refractivity contribution in [2.75, 3.05) is 6.54 Å². The molecule has 3 aromatic rings. The lowest BCUT2D eigenvalue weighted by molar-refractivity contribution is -0.128. The Balaban J connectivity index is 1.76. The molecule has 6 nitrogen and oxygen atoms in total. The number of H-pyrrole nitrogens is 1. The van der Waals surface area contributed by atoms with Gasteiger partial charge in [0.25, 0.3) is 11.7 Å². The molecule has 0 saturated carbocycles. The van der Waals surface area contributed by atoms with E-state index in [1.165, 1.54) is 11.1 Å². The molecule has 1 N–H and O–H groups in total. The van der Waals surface area contributed by atoms with Gasteiger partial charge in [0.05, 0.1) is 11.3 Å². The standard InChI is InChI=1S/C27H27ClN2O4/c1-3-18(2)30(16-10-15-22(31)19-11-6-4-7-12-19)27(34)26(33)21-17-29-24(23(28)25(21)32)20-13-8-5-9-14-20/h4-9,11-14,17-18H,3,10,15-16H2,1-2H3,(H,29,32)/t18-/m1/s1. The highest BCUT2D eigenvalue weighted by Crippen LogP contribution is 2.23. The topological polar surface area (TPSA) is 87.3 Å². The van der Waals surface area contributed by atoms with Gasteiger partial charge in [-0.15, -0.1) is 0 Å². The lowest BCUT2D eigenvalue weighted by Crippen LogP contribution is -2.44. The average Bonchev–Trinajstić information content (AvgIpc) is 2.88. The van der Waals surface area contributed by atoms with Gasteiger partial charge in [0.15, 0.2) is 5.78 Å². The molecule has 1 heterocycles. The van der Waals surface area contributed by atoms with Crippen LogP contribution in [0.15, 0.2) is 71.7 Å². The predicted molar refractivity (Wildman–Crippen MR) is 133 cm³/mol. The number of carbonyl (C=O) groups is 3. The molecule has 7 heteroatoms. The summed E-state index contributed by atoms with van der Waals surface area (Å²) < 4.78 is 0. The van der Waals surface area contributed by atoms with Gasteiger partial charge in [0.1, 0.15) is 5.02 Å². The van der Waals surface area contributed by atoms with E-state index < -0.39 is 17.1 Å². The maximum atomic E-state index is 13.1. The van der Waals surface area contributed by atoms with E-state index in [1.54, 1.807) is 48.5 Å². The Morgan fingerprint density at radius 3 is 2.24 bits per heavy atom. The number of aromatic nitrogens is 1. The third-order valence-corrected chi connectivity index (χ3v) is 6.17. The van der Waals surface area contributed by atoms with Crippen LogP contribution in [0.2, 0.25) is 5.02 Å². The summed E-state index contributed by atoms with van der Waals surface area (Å²) in [7, 11) is 0. The van der Waals surface area contributed by atoms with Crippen LogP contribution in [0.25, 0.3) is 11.3 Å². The van der Waals surface area contributed by atoms with Crippen molar-refractivity contribution < 1.29 is 14.4 Å². The first-order valence-electron chi connectivity index (χ1n) is 11.2. The SMILES string of the molecule is CC[C@@H](C)N(CCCC(=O)c1ccccc1)C(=O)C(=O)c1c[nH]c(-c2ccccc2)c(Cl)c1=O. The molecule has 0 radical (unpaired) electrons. The summed E-state index contributed by atoms with van der Waals surface area (Å²) in [6.07, 6.45) is 2.51. The molecule has 0 spiro atoms. The van der Waals surface area contributed by atoms with Crippen molar-refractivity contribution >= 4 is 29.1 Å². The van der Waals surface area contributed by atoms with Gasteiger partial charge < -0.3 is 9.88 Å². The number of nitrogens with one attached hydrogen (secondary N) is 1. The minimum atomic E-state index is -0.919. The number of halogens is 1. The molecule has 34 heavy (non-hydrogen) atoms. The molecule has 1 amide bonds. The van der Waals surface area contributed by atoms with Crippen LogP contribution < -0.4 is 5.43 Å². The first kappa shape index (κ1) is 25.1. The highest BCUT2D eigenvalue weighted by Gasteiger charge is 2.29. The van der Waals surface area contributed by atoms with Crippen LogP contribution in [0, 0.1) is 0 Å². The van der Waals surface area contributed by atoms with Crippen molar-refractivity contribution in [3.05, 3.63) is 93.2 Å². The number of Topliss-reactive ketones (excluding diaryl/α,β-unsaturated/α-hetero) is 2. The molecular weight excluding hydrogens is 452 g/mol. The Bertz CT molecular complexity index is 1220. The van der Waals surface area contributed by atoms with Gasteiger partial charge >= 0.3 is 0 Å². The molecule has 0 aliphatic heterocycles. The molecule has 1 aromatic heterocycles. The maximum Gasteiger partial charge on any atom is 0.295 e. The number of hydrogen-bond acceptors (Lipinski definition) is 4. The molecule has 1 atom stereocenters. The molecule has 0 bridgehead atoms. The minimum Gasteiger partial charge on any atom is -0.359 e. The second-order valence-corrected chi connectivity index (χ2v) is 8.44. The van der Waals surface area contributed by atoms with Crippen LogP contribution in [0.3, 0.4) is 0 Å². The van der Waals surface area contributed by atoms with E-state index in [0.717, 1.165) is 0 Å². The summed E-state index contributed by atoms with van der Waals surface area (Å²) in [6.45, 7) is 3.97. The van der Waals surface area contributed by atoms with Crippen LogP contribution in [0.5, 0.6) is 0 Å². The predicted octanol–water partition coefficient (Wildman–Crippen LogP) is 5.17. The number of rotatable bonds is 10. The molecule has 0 aliphatic carbocycles. The Morgan fingerprint density at radius 2 is 1.62 bits per heavy atom. The summed E-state index contributed by atoms with van der Waals surface area (Å²) in [5.41, 5.74) is 0.692. The highest BCUT2D eigenvalue weighted by molar-refractivity contribution is 6.43. The van der Waals surface area contributed by atoms with Crippen LogP contribution in [0.4, 0.5) is 0 Å². The van der Waals surface area contributed by atoms with Crippen molar-refractivity contribution in [3.63, 3.8) is 0 Å². The van der Waals surface area contributed by atoms with Gasteiger partial charge in [-0.3, -0.25) is 19.2 Å². The molecule has 2 aromatic carbocycles. The molecule has 3 rings (SSSR count). The summed E-state index contributed by atoms with van der Waals surface area (Å²) >= 11 is 6.27. The maximum absolute atomic E-state index is 13.1. The van der Waals surface area contributed by atoms with Crippen molar-refractivity contribution in [2.45, 2.75) is 39.2 Å². The number of hydrogen-bond donors (Lipinski definition) is 1. The van der Waals surface area contributed by atoms with Gasteiger partial charge in [-0.05, 0) is 25.3 Å². The van der Waals surface area contributed by atoms with E-state index in [-0.39, 0.29) is 35.4 Å². The Hall–Kier alpha value is -3.51. The molecule has 0 fully saturated rings. The van der Waals surface area contributed by atoms with Crippen LogP contribution in [-0.4, -0.2) is 39.9 Å². The van der Waals surface area contributed by atoms with E-state index in [2.05, 4.69) is 4.98 Å². The highest BCUT2D eigenvalue weighted by atomic mass is 35.5. The number of amides is 1. The normalized spacial score (nSPS) is 11.6. The number of ketones is 2. The minimum absolute atomic E-state index is 0.0248. The number of nitrogens with zero attached hydrogens (tertiary/aromatic N) is 1. The van der Waals surface area contributed by atoms with Crippen molar-refractivity contribution in [1.82, 2.24) is 9.88 Å². The zero-order valence-electron chi connectivity index (χ0n) is 19.2. The van der Waals surface area contributed by atoms with Gasteiger partial charge in [0, 0.05) is 30.8 Å². The third-order valence-electron chi connectivity index (χ3n) is 5.81. The summed E-state index contributed by atoms with van der Waals surface area (Å²) in [6, 6.07) is 17.7. The van der Waals surface area contributed by atoms with Crippen molar-refractivity contribution in [1.29, 1.82) is 0 Å². The lowest BCUT2D eigenvalue weighted by Gasteiger charge is -2.28. The molecule has 0 aliphatic rings. The summed E-state index contributed by atoms with van der Waals surface area (Å²) in [5, 5.41) is -0.145. The number of benzene rings is 2. The molecule has 0 saturated heterocycles. The first-order chi connectivity index (χ1) is 16.3. The van der Waals surface area contributed by atoms with E-state index in [0.29, 0.717) is 29.7 Å². The number of aromatic amines is 1. The van der Waals surface area contributed by atoms with E-state index in [9.17, 15) is 19.2 Å². The number of carbonyl (C=O) groups excluding carboxylic acids is 3. The van der Waals surface area contributed by atoms with Gasteiger partial charge in [-0.25, -0.2) is 0 Å². The Labute approximate surface area is 203 Å². The summed E-state index contributed by atoms with van der Waals surface area (Å²) in [5.74, 6) is -1.73. The van der Waals surface area contributed by atoms with E-state index in [4.69, 9.17) is 11.6 Å². The zero-order valence-corrected chi connectivity index (χ0v) is 20.0. The fourth-order valence-corrected chi connectivity index (χ4v) is 3.92. The fraction of sp³-hybridized carbons (Fsp3) is 0.259. The third kappa shape index (κ3) is 5.69. The van der Waals surface area contributed by atoms with E-state index >= 15 is 0 Å². The first-order valence-corrected chi connectivity index (χ1v) is 11.6. The second-order valence-electron chi connectivity index (χ2n) is 8.06. The van der Waals surface area contributed by atoms with Crippen LogP contribution in [0.1, 0.15) is 53.8 Å². The van der Waals surface area contributed by atoms with Crippen molar-refractivity contribution in [3.8, 4) is 11.3 Å². The Morgan fingerprint density at radius 1 is 1.00 bits per heavy atom. The van der Waals surface area contributed by atoms with Gasteiger partial charge in [0.2, 0.25) is 5.43 Å². The summed E-state index contributed by atoms with van der Waals surface area (Å²) in [4.78, 5) is 55.7. The average molecular weight is 479 g/mol. The largest absolute Gasteiger partial charge is 0.359 e. The Kier molecular flexibility index (Phi) is 8.55. The smallest absolute Gasteiger partial charge is 0.295 e. The zero-order chi connectivity index (χ0) is 24.7.